The quantitative estimate of drug-likeness (QED) is 0.284. The van der Waals surface area contributed by atoms with E-state index in [1.807, 2.05) is 0 Å². The van der Waals surface area contributed by atoms with Gasteiger partial charge in [0.2, 0.25) is 0 Å². The summed E-state index contributed by atoms with van der Waals surface area (Å²) in [5, 5.41) is 0. The molecule has 1 aliphatic carbocycles. The Hall–Kier alpha value is -0.790. The third-order valence-electron chi connectivity index (χ3n) is 6.12. The summed E-state index contributed by atoms with van der Waals surface area (Å²) >= 11 is 0. The highest BCUT2D eigenvalue weighted by Crippen LogP contribution is 2.54. The van der Waals surface area contributed by atoms with Crippen LogP contribution >= 0.6 is 0 Å². The van der Waals surface area contributed by atoms with Gasteiger partial charge in [0, 0.05) is 11.5 Å². The topological polar surface area (TPSA) is 26.3 Å². The van der Waals surface area contributed by atoms with Crippen molar-refractivity contribution < 1.29 is 9.53 Å². The van der Waals surface area contributed by atoms with Crippen molar-refractivity contribution in [2.24, 2.45) is 5.41 Å². The van der Waals surface area contributed by atoms with E-state index >= 15 is 0 Å². The molecule has 0 saturated heterocycles. The van der Waals surface area contributed by atoms with Crippen molar-refractivity contribution in [3.05, 3.63) is 12.7 Å². The molecule has 0 aromatic heterocycles. The predicted octanol–water partition coefficient (Wildman–Crippen LogP) is 6.98. The van der Waals surface area contributed by atoms with Crippen LogP contribution in [-0.2, 0) is 9.53 Å². The molecule has 0 aromatic carbocycles. The lowest BCUT2D eigenvalue weighted by atomic mass is 9.58. The van der Waals surface area contributed by atoms with E-state index in [4.69, 9.17) is 4.74 Å². The molecule has 0 aromatic rings. The summed E-state index contributed by atoms with van der Waals surface area (Å²) < 4.78 is 6.23. The van der Waals surface area contributed by atoms with Gasteiger partial charge in [-0.25, -0.2) is 4.79 Å². The molecule has 1 fully saturated rings. The molecule has 0 aliphatic heterocycles. The fourth-order valence-corrected chi connectivity index (χ4v) is 4.70. The fourth-order valence-electron chi connectivity index (χ4n) is 4.70. The van der Waals surface area contributed by atoms with Crippen LogP contribution in [0.3, 0.4) is 0 Å². The van der Waals surface area contributed by atoms with Crippen LogP contribution < -0.4 is 0 Å². The maximum atomic E-state index is 12.2. The Morgan fingerprint density at radius 3 is 1.79 bits per heavy atom. The summed E-state index contributed by atoms with van der Waals surface area (Å²) in [6, 6.07) is 0. The van der Waals surface area contributed by atoms with Gasteiger partial charge in [0.05, 0.1) is 0 Å². The average molecular weight is 337 g/mol. The molecule has 0 N–H and O–H groups in total. The normalized spacial score (nSPS) is 17.5. The van der Waals surface area contributed by atoms with Gasteiger partial charge in [0.1, 0.15) is 5.60 Å². The lowest BCUT2D eigenvalue weighted by molar-refractivity contribution is -0.185. The van der Waals surface area contributed by atoms with Crippen molar-refractivity contribution in [1.29, 1.82) is 0 Å². The highest BCUT2D eigenvalue weighted by molar-refractivity contribution is 5.81. The SMILES string of the molecule is C=CC(=O)OC1(C(CCCC)(CCCC)CCCC)CCCCC1. The molecule has 1 saturated carbocycles. The van der Waals surface area contributed by atoms with E-state index in [0.29, 0.717) is 0 Å². The number of unbranched alkanes of at least 4 members (excludes halogenated alkanes) is 3. The number of hydrogen-bond acceptors (Lipinski definition) is 2. The van der Waals surface area contributed by atoms with Gasteiger partial charge in [0.25, 0.3) is 0 Å². The summed E-state index contributed by atoms with van der Waals surface area (Å²) in [5.41, 5.74) is -0.0931. The number of hydrogen-bond donors (Lipinski definition) is 0. The van der Waals surface area contributed by atoms with Crippen molar-refractivity contribution in [1.82, 2.24) is 0 Å². The van der Waals surface area contributed by atoms with E-state index in [1.165, 1.54) is 83.1 Å². The molecule has 0 amide bonds. The second-order valence-corrected chi connectivity index (χ2v) is 7.77. The Bertz CT molecular complexity index is 344. The van der Waals surface area contributed by atoms with Gasteiger partial charge in [0.15, 0.2) is 0 Å². The van der Waals surface area contributed by atoms with Crippen molar-refractivity contribution in [3.63, 3.8) is 0 Å². The highest BCUT2D eigenvalue weighted by atomic mass is 16.6. The first-order valence-corrected chi connectivity index (χ1v) is 10.4. The molecule has 0 unspecified atom stereocenters. The predicted molar refractivity (Wildman–Crippen MR) is 103 cm³/mol. The van der Waals surface area contributed by atoms with E-state index in [-0.39, 0.29) is 17.0 Å². The molecule has 24 heavy (non-hydrogen) atoms. The molecular weight excluding hydrogens is 296 g/mol. The van der Waals surface area contributed by atoms with Crippen molar-refractivity contribution in [2.45, 2.75) is 116 Å². The van der Waals surface area contributed by atoms with Crippen LogP contribution in [-0.4, -0.2) is 11.6 Å². The zero-order chi connectivity index (χ0) is 17.9. The minimum Gasteiger partial charge on any atom is -0.455 e. The molecule has 140 valence electrons. The molecule has 2 heteroatoms. The van der Waals surface area contributed by atoms with Gasteiger partial charge in [-0.15, -0.1) is 0 Å². The fraction of sp³-hybridized carbons (Fsp3) is 0.864. The van der Waals surface area contributed by atoms with Gasteiger partial charge in [-0.05, 0) is 44.9 Å². The summed E-state index contributed by atoms with van der Waals surface area (Å²) in [5.74, 6) is -0.217. The maximum absolute atomic E-state index is 12.2. The van der Waals surface area contributed by atoms with E-state index in [9.17, 15) is 4.79 Å². The van der Waals surface area contributed by atoms with Crippen molar-refractivity contribution in [3.8, 4) is 0 Å². The van der Waals surface area contributed by atoms with Gasteiger partial charge in [-0.3, -0.25) is 0 Å². The molecule has 0 spiro atoms. The standard InChI is InChI=1S/C22H40O2/c1-5-9-15-21(16-10-6-2,17-11-7-3)22(24-20(23)8-4)18-13-12-14-19-22/h8H,4-7,9-19H2,1-3H3. The van der Waals surface area contributed by atoms with Crippen LogP contribution in [0, 0.1) is 5.41 Å². The highest BCUT2D eigenvalue weighted by Gasteiger charge is 2.52. The van der Waals surface area contributed by atoms with Gasteiger partial charge < -0.3 is 4.74 Å². The minimum atomic E-state index is -0.254. The van der Waals surface area contributed by atoms with Crippen LogP contribution in [0.25, 0.3) is 0 Å². The van der Waals surface area contributed by atoms with E-state index in [1.54, 1.807) is 0 Å². The number of esters is 1. The number of carbonyl (C=O) groups excluding carboxylic acids is 1. The summed E-state index contributed by atoms with van der Waals surface area (Å²) in [4.78, 5) is 12.2. The average Bonchev–Trinajstić information content (AvgIpc) is 2.62. The first-order chi connectivity index (χ1) is 11.6. The first kappa shape index (κ1) is 21.3. The zero-order valence-corrected chi connectivity index (χ0v) is 16.5. The Kier molecular flexibility index (Phi) is 9.69. The first-order valence-electron chi connectivity index (χ1n) is 10.4. The lowest BCUT2D eigenvalue weighted by Crippen LogP contribution is -2.52. The third-order valence-corrected chi connectivity index (χ3v) is 6.12. The third kappa shape index (κ3) is 5.36. The second-order valence-electron chi connectivity index (χ2n) is 7.77. The second kappa shape index (κ2) is 10.9. The number of rotatable bonds is 12. The van der Waals surface area contributed by atoms with Crippen LogP contribution in [0.2, 0.25) is 0 Å². The van der Waals surface area contributed by atoms with Crippen molar-refractivity contribution >= 4 is 5.97 Å². The van der Waals surface area contributed by atoms with E-state index in [0.717, 1.165) is 12.8 Å². The molecular formula is C22H40O2. The molecule has 1 rings (SSSR count). The van der Waals surface area contributed by atoms with Crippen LogP contribution in [0.4, 0.5) is 0 Å². The molecule has 2 nitrogen and oxygen atoms in total. The minimum absolute atomic E-state index is 0.161. The summed E-state index contributed by atoms with van der Waals surface area (Å²) in [6.07, 6.45) is 18.1. The van der Waals surface area contributed by atoms with Crippen LogP contribution in [0.5, 0.6) is 0 Å². The zero-order valence-electron chi connectivity index (χ0n) is 16.5. The van der Waals surface area contributed by atoms with Gasteiger partial charge >= 0.3 is 5.97 Å². The van der Waals surface area contributed by atoms with E-state index < -0.39 is 0 Å². The van der Waals surface area contributed by atoms with Gasteiger partial charge in [-0.1, -0.05) is 72.3 Å². The molecule has 0 heterocycles. The molecule has 0 bridgehead atoms. The number of ether oxygens (including phenoxy) is 1. The van der Waals surface area contributed by atoms with Crippen LogP contribution in [0.15, 0.2) is 12.7 Å². The van der Waals surface area contributed by atoms with Gasteiger partial charge in [-0.2, -0.15) is 0 Å². The largest absolute Gasteiger partial charge is 0.455 e. The monoisotopic (exact) mass is 336 g/mol. The maximum Gasteiger partial charge on any atom is 0.330 e. The number of carbonyl (C=O) groups is 1. The van der Waals surface area contributed by atoms with E-state index in [2.05, 4.69) is 27.4 Å². The smallest absolute Gasteiger partial charge is 0.330 e. The van der Waals surface area contributed by atoms with Crippen LogP contribution in [0.1, 0.15) is 111 Å². The summed E-state index contributed by atoms with van der Waals surface area (Å²) in [6.45, 7) is 10.5. The molecule has 1 aliphatic rings. The summed E-state index contributed by atoms with van der Waals surface area (Å²) in [7, 11) is 0. The Balaban J connectivity index is 3.21. The van der Waals surface area contributed by atoms with Crippen molar-refractivity contribution in [2.75, 3.05) is 0 Å². The molecule has 0 radical (unpaired) electrons. The Labute approximate surface area is 150 Å². The Morgan fingerprint density at radius 1 is 0.958 bits per heavy atom. The lowest BCUT2D eigenvalue weighted by Gasteiger charge is -2.52. The Morgan fingerprint density at radius 2 is 1.42 bits per heavy atom. The molecule has 0 atom stereocenters.